The van der Waals surface area contributed by atoms with Crippen LogP contribution in [-0.2, 0) is 6.42 Å². The molecule has 112 valence electrons. The molecule has 0 amide bonds. The van der Waals surface area contributed by atoms with Gasteiger partial charge in [-0.3, -0.25) is 0 Å². The van der Waals surface area contributed by atoms with Crippen molar-refractivity contribution in [3.05, 3.63) is 35.9 Å². The Morgan fingerprint density at radius 1 is 1.20 bits per heavy atom. The zero-order chi connectivity index (χ0) is 14.2. The summed E-state index contributed by atoms with van der Waals surface area (Å²) in [5.41, 5.74) is 1.45. The van der Waals surface area contributed by atoms with E-state index in [4.69, 9.17) is 0 Å². The number of nitrogens with zero attached hydrogens (tertiary/aromatic N) is 1. The van der Waals surface area contributed by atoms with Gasteiger partial charge >= 0.3 is 0 Å². The van der Waals surface area contributed by atoms with Crippen LogP contribution in [0.5, 0.6) is 0 Å². The summed E-state index contributed by atoms with van der Waals surface area (Å²) in [5, 5.41) is 3.73. The molecule has 1 N–H and O–H groups in total. The average molecular weight is 274 g/mol. The molecular formula is C18H30N2. The third kappa shape index (κ3) is 4.92. The maximum atomic E-state index is 3.73. The van der Waals surface area contributed by atoms with Crippen molar-refractivity contribution < 1.29 is 0 Å². The van der Waals surface area contributed by atoms with Gasteiger partial charge in [-0.1, -0.05) is 57.0 Å². The van der Waals surface area contributed by atoms with Crippen molar-refractivity contribution in [2.75, 3.05) is 26.2 Å². The average Bonchev–Trinajstić information content (AvgIpc) is 2.71. The molecule has 1 saturated heterocycles. The fourth-order valence-corrected chi connectivity index (χ4v) is 3.19. The molecule has 1 aliphatic rings. The predicted molar refractivity (Wildman–Crippen MR) is 87.1 cm³/mol. The fourth-order valence-electron chi connectivity index (χ4n) is 3.19. The van der Waals surface area contributed by atoms with Crippen LogP contribution in [0.3, 0.4) is 0 Å². The molecular weight excluding hydrogens is 244 g/mol. The Morgan fingerprint density at radius 2 is 1.95 bits per heavy atom. The van der Waals surface area contributed by atoms with Gasteiger partial charge in [0, 0.05) is 19.1 Å². The van der Waals surface area contributed by atoms with Gasteiger partial charge < -0.3 is 10.2 Å². The highest BCUT2D eigenvalue weighted by Gasteiger charge is 2.19. The molecule has 1 unspecified atom stereocenters. The number of rotatable bonds is 6. The molecule has 0 saturated carbocycles. The lowest BCUT2D eigenvalue weighted by molar-refractivity contribution is 0.219. The fraction of sp³-hybridized carbons (Fsp3) is 0.667. The van der Waals surface area contributed by atoms with Crippen LogP contribution in [0.25, 0.3) is 0 Å². The van der Waals surface area contributed by atoms with Gasteiger partial charge in [0.25, 0.3) is 0 Å². The molecule has 20 heavy (non-hydrogen) atoms. The van der Waals surface area contributed by atoms with E-state index in [1.807, 2.05) is 0 Å². The van der Waals surface area contributed by atoms with Crippen molar-refractivity contribution in [3.8, 4) is 0 Å². The smallest absolute Gasteiger partial charge is 0.0235 e. The van der Waals surface area contributed by atoms with E-state index >= 15 is 0 Å². The first-order valence-electron chi connectivity index (χ1n) is 8.31. The molecule has 1 aliphatic heterocycles. The minimum absolute atomic E-state index is 0.606. The Hall–Kier alpha value is -0.860. The largest absolute Gasteiger partial charge is 0.312 e. The molecule has 0 aliphatic carbocycles. The van der Waals surface area contributed by atoms with E-state index < -0.39 is 0 Å². The Balaban J connectivity index is 1.89. The summed E-state index contributed by atoms with van der Waals surface area (Å²) in [5.74, 6) is 0.866. The highest BCUT2D eigenvalue weighted by Crippen LogP contribution is 2.13. The predicted octanol–water partition coefficient (Wildman–Crippen LogP) is 3.33. The van der Waals surface area contributed by atoms with Crippen molar-refractivity contribution in [1.29, 1.82) is 0 Å². The highest BCUT2D eigenvalue weighted by atomic mass is 15.2. The van der Waals surface area contributed by atoms with Gasteiger partial charge in [-0.15, -0.1) is 0 Å². The van der Waals surface area contributed by atoms with E-state index in [0.717, 1.165) is 18.9 Å². The summed E-state index contributed by atoms with van der Waals surface area (Å²) >= 11 is 0. The van der Waals surface area contributed by atoms with Crippen molar-refractivity contribution in [3.63, 3.8) is 0 Å². The van der Waals surface area contributed by atoms with Crippen LogP contribution >= 0.6 is 0 Å². The quantitative estimate of drug-likeness (QED) is 0.856. The molecule has 1 aromatic rings. The lowest BCUT2D eigenvalue weighted by Gasteiger charge is -2.27. The Morgan fingerprint density at radius 3 is 2.65 bits per heavy atom. The van der Waals surface area contributed by atoms with Gasteiger partial charge in [0.2, 0.25) is 0 Å². The Labute approximate surface area is 124 Å². The van der Waals surface area contributed by atoms with Gasteiger partial charge in [-0.05, 0) is 37.4 Å². The summed E-state index contributed by atoms with van der Waals surface area (Å²) in [6.45, 7) is 9.55. The van der Waals surface area contributed by atoms with E-state index in [1.165, 1.54) is 44.5 Å². The first-order chi connectivity index (χ1) is 9.81. The van der Waals surface area contributed by atoms with Gasteiger partial charge in [-0.2, -0.15) is 0 Å². The van der Waals surface area contributed by atoms with Gasteiger partial charge in [-0.25, -0.2) is 0 Å². The second kappa shape index (κ2) is 8.43. The number of nitrogens with one attached hydrogen (secondary N) is 1. The number of benzene rings is 1. The zero-order valence-electron chi connectivity index (χ0n) is 13.1. The monoisotopic (exact) mass is 274 g/mol. The summed E-state index contributed by atoms with van der Waals surface area (Å²) in [4.78, 5) is 2.69. The van der Waals surface area contributed by atoms with Gasteiger partial charge in [0.1, 0.15) is 0 Å². The van der Waals surface area contributed by atoms with E-state index in [1.54, 1.807) is 0 Å². The second-order valence-corrected chi connectivity index (χ2v) is 6.14. The van der Waals surface area contributed by atoms with Gasteiger partial charge in [0.15, 0.2) is 0 Å². The lowest BCUT2D eigenvalue weighted by Crippen LogP contribution is -2.40. The first-order valence-corrected chi connectivity index (χ1v) is 8.31. The third-order valence-corrected chi connectivity index (χ3v) is 4.56. The Bertz CT molecular complexity index is 359. The van der Waals surface area contributed by atoms with Crippen LogP contribution in [0.15, 0.2) is 30.3 Å². The molecule has 0 radical (unpaired) electrons. The van der Waals surface area contributed by atoms with Crippen molar-refractivity contribution >= 4 is 0 Å². The minimum atomic E-state index is 0.606. The molecule has 0 spiro atoms. The highest BCUT2D eigenvalue weighted by molar-refractivity contribution is 5.16. The van der Waals surface area contributed by atoms with E-state index in [0.29, 0.717) is 6.04 Å². The van der Waals surface area contributed by atoms with Crippen molar-refractivity contribution in [2.45, 2.75) is 45.6 Å². The standard InChI is InChI=1S/C18H30N2/c1-3-16(4-2)14-20-12-8-11-19-18(15-20)13-17-9-6-5-7-10-17/h5-7,9-10,16,18-19H,3-4,8,11-15H2,1-2H3. The van der Waals surface area contributed by atoms with Crippen LogP contribution in [0.4, 0.5) is 0 Å². The molecule has 2 nitrogen and oxygen atoms in total. The molecule has 0 aromatic heterocycles. The molecule has 1 atom stereocenters. The van der Waals surface area contributed by atoms with Crippen molar-refractivity contribution in [1.82, 2.24) is 10.2 Å². The summed E-state index contributed by atoms with van der Waals surface area (Å²) in [7, 11) is 0. The number of hydrogen-bond donors (Lipinski definition) is 1. The first kappa shape index (κ1) is 15.5. The topological polar surface area (TPSA) is 15.3 Å². The summed E-state index contributed by atoms with van der Waals surface area (Å²) < 4.78 is 0. The zero-order valence-corrected chi connectivity index (χ0v) is 13.1. The minimum Gasteiger partial charge on any atom is -0.312 e. The van der Waals surface area contributed by atoms with Crippen molar-refractivity contribution in [2.24, 2.45) is 5.92 Å². The van der Waals surface area contributed by atoms with Crippen LogP contribution in [-0.4, -0.2) is 37.1 Å². The third-order valence-electron chi connectivity index (χ3n) is 4.56. The van der Waals surface area contributed by atoms with E-state index in [9.17, 15) is 0 Å². The maximum Gasteiger partial charge on any atom is 0.0235 e. The molecule has 2 heteroatoms. The molecule has 1 heterocycles. The Kier molecular flexibility index (Phi) is 6.55. The molecule has 1 aromatic carbocycles. The van der Waals surface area contributed by atoms with Crippen LogP contribution in [0, 0.1) is 5.92 Å². The summed E-state index contributed by atoms with van der Waals surface area (Å²) in [6.07, 6.45) is 5.05. The van der Waals surface area contributed by atoms with Crippen LogP contribution in [0.1, 0.15) is 38.7 Å². The maximum absolute atomic E-state index is 3.73. The lowest BCUT2D eigenvalue weighted by atomic mass is 10.0. The number of hydrogen-bond acceptors (Lipinski definition) is 2. The summed E-state index contributed by atoms with van der Waals surface area (Å²) in [6, 6.07) is 11.5. The van der Waals surface area contributed by atoms with Crippen LogP contribution in [0.2, 0.25) is 0 Å². The van der Waals surface area contributed by atoms with Gasteiger partial charge in [0.05, 0.1) is 0 Å². The van der Waals surface area contributed by atoms with E-state index in [2.05, 4.69) is 54.4 Å². The normalized spacial score (nSPS) is 21.1. The SMILES string of the molecule is CCC(CC)CN1CCCNC(Cc2ccccc2)C1. The molecule has 0 bridgehead atoms. The molecule has 2 rings (SSSR count). The van der Waals surface area contributed by atoms with E-state index in [-0.39, 0.29) is 0 Å². The second-order valence-electron chi connectivity index (χ2n) is 6.14. The van der Waals surface area contributed by atoms with Crippen LogP contribution < -0.4 is 5.32 Å². The molecule has 1 fully saturated rings.